The van der Waals surface area contributed by atoms with Crippen LogP contribution in [0.15, 0.2) is 22.7 Å². The highest BCUT2D eigenvalue weighted by Crippen LogP contribution is 2.24. The first kappa shape index (κ1) is 12.7. The predicted molar refractivity (Wildman–Crippen MR) is 63.8 cm³/mol. The lowest BCUT2D eigenvalue weighted by atomic mass is 10.1. The third kappa shape index (κ3) is 2.41. The molecule has 1 unspecified atom stereocenters. The summed E-state index contributed by atoms with van der Waals surface area (Å²) in [5.41, 5.74) is 0.534. The van der Waals surface area contributed by atoms with E-state index in [1.807, 2.05) is 0 Å². The molecule has 0 radical (unpaired) electrons. The first-order chi connectivity index (χ1) is 8.49. The summed E-state index contributed by atoms with van der Waals surface area (Å²) in [6.07, 6.45) is 0. The Balaban J connectivity index is 2.35. The van der Waals surface area contributed by atoms with Crippen molar-refractivity contribution >= 4 is 17.4 Å². The van der Waals surface area contributed by atoms with Gasteiger partial charge in [-0.25, -0.2) is 4.39 Å². The number of nitrogens with zero attached hydrogens (tertiary/aromatic N) is 2. The molecular formula is C12H10ClFN2O2. The highest BCUT2D eigenvalue weighted by Gasteiger charge is 2.19. The lowest BCUT2D eigenvalue weighted by Gasteiger charge is -1.98. The van der Waals surface area contributed by atoms with Gasteiger partial charge in [-0.15, -0.1) is 0 Å². The van der Waals surface area contributed by atoms with E-state index in [9.17, 15) is 9.18 Å². The van der Waals surface area contributed by atoms with Gasteiger partial charge in [0.1, 0.15) is 11.6 Å². The van der Waals surface area contributed by atoms with Crippen molar-refractivity contribution in [3.05, 3.63) is 34.9 Å². The molecule has 0 aliphatic carbocycles. The molecule has 1 aromatic carbocycles. The summed E-state index contributed by atoms with van der Waals surface area (Å²) in [6, 6.07) is 4.13. The molecule has 0 saturated carbocycles. The second-order valence-corrected chi connectivity index (χ2v) is 4.32. The molecule has 0 aliphatic heterocycles. The molecule has 94 valence electrons. The summed E-state index contributed by atoms with van der Waals surface area (Å²) < 4.78 is 18.0. The maximum absolute atomic E-state index is 13.0. The lowest BCUT2D eigenvalue weighted by molar-refractivity contribution is -0.118. The number of aromatic nitrogens is 2. The van der Waals surface area contributed by atoms with Crippen molar-refractivity contribution < 1.29 is 13.7 Å². The second kappa shape index (κ2) is 4.86. The Bertz CT molecular complexity index is 598. The first-order valence-corrected chi connectivity index (χ1v) is 5.66. The molecule has 4 nitrogen and oxygen atoms in total. The number of ketones is 1. The Labute approximate surface area is 108 Å². The standard InChI is InChI=1S/C12H10ClFN2O2/c1-6(7(2)17)12-15-11(16-18-12)8-3-4-10(14)9(13)5-8/h3-6H,1-2H3. The number of rotatable bonds is 3. The van der Waals surface area contributed by atoms with E-state index in [2.05, 4.69) is 10.1 Å². The number of benzene rings is 1. The van der Waals surface area contributed by atoms with E-state index in [0.29, 0.717) is 5.56 Å². The molecule has 2 rings (SSSR count). The fraction of sp³-hybridized carbons (Fsp3) is 0.250. The summed E-state index contributed by atoms with van der Waals surface area (Å²) in [6.45, 7) is 3.13. The van der Waals surface area contributed by atoms with Gasteiger partial charge in [-0.2, -0.15) is 4.98 Å². The highest BCUT2D eigenvalue weighted by atomic mass is 35.5. The molecule has 1 heterocycles. The van der Waals surface area contributed by atoms with E-state index < -0.39 is 11.7 Å². The Morgan fingerprint density at radius 3 is 2.83 bits per heavy atom. The average molecular weight is 269 g/mol. The van der Waals surface area contributed by atoms with Gasteiger partial charge in [0.05, 0.1) is 10.9 Å². The maximum Gasteiger partial charge on any atom is 0.237 e. The number of carbonyl (C=O) groups excluding carboxylic acids is 1. The number of hydrogen-bond donors (Lipinski definition) is 0. The van der Waals surface area contributed by atoms with Crippen LogP contribution < -0.4 is 0 Å². The third-order valence-corrected chi connectivity index (χ3v) is 2.89. The predicted octanol–water partition coefficient (Wildman–Crippen LogP) is 3.22. The van der Waals surface area contributed by atoms with Gasteiger partial charge in [0.25, 0.3) is 0 Å². The molecule has 0 saturated heterocycles. The summed E-state index contributed by atoms with van der Waals surface area (Å²) in [5, 5.41) is 3.73. The van der Waals surface area contributed by atoms with Crippen molar-refractivity contribution in [2.45, 2.75) is 19.8 Å². The minimum atomic E-state index is -0.513. The zero-order chi connectivity index (χ0) is 13.3. The largest absolute Gasteiger partial charge is 0.338 e. The van der Waals surface area contributed by atoms with Gasteiger partial charge in [0.2, 0.25) is 11.7 Å². The van der Waals surface area contributed by atoms with Crippen molar-refractivity contribution in [3.8, 4) is 11.4 Å². The summed E-state index contributed by atoms with van der Waals surface area (Å²) in [4.78, 5) is 15.3. The molecule has 0 bridgehead atoms. The van der Waals surface area contributed by atoms with E-state index in [-0.39, 0.29) is 22.5 Å². The molecule has 6 heteroatoms. The Hall–Kier alpha value is -1.75. The maximum atomic E-state index is 13.0. The van der Waals surface area contributed by atoms with E-state index in [1.165, 1.54) is 25.1 Å². The van der Waals surface area contributed by atoms with Crippen molar-refractivity contribution in [3.63, 3.8) is 0 Å². The van der Waals surface area contributed by atoms with Crippen molar-refractivity contribution in [2.75, 3.05) is 0 Å². The zero-order valence-corrected chi connectivity index (χ0v) is 10.5. The monoisotopic (exact) mass is 268 g/mol. The Morgan fingerprint density at radius 1 is 1.50 bits per heavy atom. The van der Waals surface area contributed by atoms with Crippen molar-refractivity contribution in [2.24, 2.45) is 0 Å². The molecule has 1 aromatic heterocycles. The number of hydrogen-bond acceptors (Lipinski definition) is 4. The van der Waals surface area contributed by atoms with Gasteiger partial charge in [-0.3, -0.25) is 4.79 Å². The van der Waals surface area contributed by atoms with Gasteiger partial charge >= 0.3 is 0 Å². The topological polar surface area (TPSA) is 56.0 Å². The van der Waals surface area contributed by atoms with Gasteiger partial charge in [-0.05, 0) is 32.0 Å². The Morgan fingerprint density at radius 2 is 2.22 bits per heavy atom. The fourth-order valence-corrected chi connectivity index (χ4v) is 1.52. The molecule has 0 fully saturated rings. The number of carbonyl (C=O) groups is 1. The van der Waals surface area contributed by atoms with Crippen LogP contribution >= 0.6 is 11.6 Å². The second-order valence-electron chi connectivity index (χ2n) is 3.92. The smallest absolute Gasteiger partial charge is 0.237 e. The molecule has 0 N–H and O–H groups in total. The molecule has 0 aliphatic rings. The van der Waals surface area contributed by atoms with E-state index >= 15 is 0 Å². The SMILES string of the molecule is CC(=O)C(C)c1nc(-c2ccc(F)c(Cl)c2)no1. The average Bonchev–Trinajstić information content (AvgIpc) is 2.81. The number of Topliss-reactive ketones (excluding diaryl/α,β-unsaturated/α-hetero) is 1. The van der Waals surface area contributed by atoms with Crippen LogP contribution in [-0.2, 0) is 4.79 Å². The van der Waals surface area contributed by atoms with Gasteiger partial charge < -0.3 is 4.52 Å². The van der Waals surface area contributed by atoms with Crippen LogP contribution in [0.4, 0.5) is 4.39 Å². The highest BCUT2D eigenvalue weighted by molar-refractivity contribution is 6.31. The van der Waals surface area contributed by atoms with Crippen LogP contribution in [0, 0.1) is 5.82 Å². The molecule has 0 amide bonds. The fourth-order valence-electron chi connectivity index (χ4n) is 1.34. The molecule has 1 atom stereocenters. The third-order valence-electron chi connectivity index (χ3n) is 2.60. The van der Waals surface area contributed by atoms with Crippen LogP contribution in [-0.4, -0.2) is 15.9 Å². The normalized spacial score (nSPS) is 12.4. The quantitative estimate of drug-likeness (QED) is 0.858. The van der Waals surface area contributed by atoms with Gasteiger partial charge in [0.15, 0.2) is 0 Å². The van der Waals surface area contributed by atoms with Crippen LogP contribution in [0.1, 0.15) is 25.7 Å². The summed E-state index contributed by atoms with van der Waals surface area (Å²) in [7, 11) is 0. The van der Waals surface area contributed by atoms with Crippen molar-refractivity contribution in [1.29, 1.82) is 0 Å². The van der Waals surface area contributed by atoms with E-state index in [4.69, 9.17) is 16.1 Å². The van der Waals surface area contributed by atoms with Crippen molar-refractivity contribution in [1.82, 2.24) is 10.1 Å². The van der Waals surface area contributed by atoms with E-state index in [0.717, 1.165) is 0 Å². The summed E-state index contributed by atoms with van der Waals surface area (Å²) >= 11 is 5.67. The lowest BCUT2D eigenvalue weighted by Crippen LogP contribution is -2.04. The van der Waals surface area contributed by atoms with E-state index in [1.54, 1.807) is 6.92 Å². The van der Waals surface area contributed by atoms with Crippen LogP contribution in [0.5, 0.6) is 0 Å². The van der Waals surface area contributed by atoms with Crippen LogP contribution in [0.25, 0.3) is 11.4 Å². The van der Waals surface area contributed by atoms with Crippen LogP contribution in [0.3, 0.4) is 0 Å². The first-order valence-electron chi connectivity index (χ1n) is 5.28. The van der Waals surface area contributed by atoms with Gasteiger partial charge in [0, 0.05) is 5.56 Å². The molecule has 2 aromatic rings. The number of halogens is 2. The van der Waals surface area contributed by atoms with Gasteiger partial charge in [-0.1, -0.05) is 16.8 Å². The minimum absolute atomic E-state index is 0.0153. The zero-order valence-electron chi connectivity index (χ0n) is 9.78. The molecular weight excluding hydrogens is 259 g/mol. The summed E-state index contributed by atoms with van der Waals surface area (Å²) in [5.74, 6) is -0.524. The molecule has 0 spiro atoms. The van der Waals surface area contributed by atoms with Crippen LogP contribution in [0.2, 0.25) is 5.02 Å². The molecule has 18 heavy (non-hydrogen) atoms. The minimum Gasteiger partial charge on any atom is -0.338 e. The Kier molecular flexibility index (Phi) is 3.43.